The summed E-state index contributed by atoms with van der Waals surface area (Å²) in [6.45, 7) is 3.75. The highest BCUT2D eigenvalue weighted by molar-refractivity contribution is 8.19. The maximum Gasteiger partial charge on any atom is 0.326 e. The zero-order valence-corrected chi connectivity index (χ0v) is 14.4. The van der Waals surface area contributed by atoms with Crippen LogP contribution in [0.5, 0.6) is 0 Å². The van der Waals surface area contributed by atoms with Gasteiger partial charge in [0.15, 0.2) is 0 Å². The van der Waals surface area contributed by atoms with E-state index in [-0.39, 0.29) is 11.8 Å². The van der Waals surface area contributed by atoms with Crippen LogP contribution in [0.1, 0.15) is 40.8 Å². The van der Waals surface area contributed by atoms with Crippen LogP contribution < -0.4 is 5.32 Å². The molecular weight excluding hydrogens is 318 g/mol. The predicted octanol–water partition coefficient (Wildman–Crippen LogP) is 3.39. The lowest BCUT2D eigenvalue weighted by molar-refractivity contribution is -0.140. The van der Waals surface area contributed by atoms with Gasteiger partial charge in [-0.3, -0.25) is 4.79 Å². The molecule has 6 heteroatoms. The van der Waals surface area contributed by atoms with E-state index in [1.165, 1.54) is 5.56 Å². The third-order valence-electron chi connectivity index (χ3n) is 3.83. The standard InChI is InChI=1S/C16H21NO3S2/c1-3-10(2)13(15(19)20)17-14(18)11-4-6-12(7-5-11)16-21-8-9-22-16/h4-7,10,13,16H,3,8-9H2,1-2H3,(H,17,18)(H,19,20). The molecule has 0 saturated carbocycles. The van der Waals surface area contributed by atoms with Crippen molar-refractivity contribution in [2.45, 2.75) is 30.9 Å². The van der Waals surface area contributed by atoms with Gasteiger partial charge < -0.3 is 10.4 Å². The molecular formula is C16H21NO3S2. The lowest BCUT2D eigenvalue weighted by Crippen LogP contribution is -2.45. The number of carbonyl (C=O) groups excluding carboxylic acids is 1. The molecule has 2 atom stereocenters. The first-order valence-corrected chi connectivity index (χ1v) is 9.49. The van der Waals surface area contributed by atoms with Crippen molar-refractivity contribution in [3.63, 3.8) is 0 Å². The van der Waals surface area contributed by atoms with Crippen LogP contribution in [0.15, 0.2) is 24.3 Å². The van der Waals surface area contributed by atoms with Crippen molar-refractivity contribution in [3.8, 4) is 0 Å². The number of aliphatic carboxylic acids is 1. The molecule has 1 fully saturated rings. The summed E-state index contributed by atoms with van der Waals surface area (Å²) in [5.41, 5.74) is 1.71. The van der Waals surface area contributed by atoms with Crippen LogP contribution in [0, 0.1) is 5.92 Å². The molecule has 0 spiro atoms. The number of nitrogens with one attached hydrogen (secondary N) is 1. The third-order valence-corrected chi connectivity index (χ3v) is 6.94. The Hall–Kier alpha value is -1.14. The van der Waals surface area contributed by atoms with E-state index >= 15 is 0 Å². The molecule has 0 aliphatic carbocycles. The topological polar surface area (TPSA) is 66.4 Å². The van der Waals surface area contributed by atoms with E-state index in [9.17, 15) is 14.7 Å². The first-order chi connectivity index (χ1) is 10.5. The summed E-state index contributed by atoms with van der Waals surface area (Å²) in [4.78, 5) is 23.5. The van der Waals surface area contributed by atoms with Crippen LogP contribution >= 0.6 is 23.5 Å². The molecule has 2 N–H and O–H groups in total. The molecule has 22 heavy (non-hydrogen) atoms. The van der Waals surface area contributed by atoms with Crippen LogP contribution in [0.2, 0.25) is 0 Å². The molecule has 1 saturated heterocycles. The minimum absolute atomic E-state index is 0.105. The van der Waals surface area contributed by atoms with Gasteiger partial charge in [-0.15, -0.1) is 23.5 Å². The molecule has 0 aromatic heterocycles. The van der Waals surface area contributed by atoms with Gasteiger partial charge in [0.2, 0.25) is 0 Å². The van der Waals surface area contributed by atoms with Crippen molar-refractivity contribution < 1.29 is 14.7 Å². The van der Waals surface area contributed by atoms with E-state index in [1.54, 1.807) is 12.1 Å². The van der Waals surface area contributed by atoms with Crippen LogP contribution in [-0.4, -0.2) is 34.5 Å². The summed E-state index contributed by atoms with van der Waals surface area (Å²) in [7, 11) is 0. The van der Waals surface area contributed by atoms with Gasteiger partial charge in [0.1, 0.15) is 6.04 Å². The van der Waals surface area contributed by atoms with Crippen LogP contribution in [0.4, 0.5) is 0 Å². The normalized spacial score (nSPS) is 17.9. The van der Waals surface area contributed by atoms with Crippen molar-refractivity contribution in [2.75, 3.05) is 11.5 Å². The van der Waals surface area contributed by atoms with Crippen molar-refractivity contribution in [1.29, 1.82) is 0 Å². The largest absolute Gasteiger partial charge is 0.480 e. The van der Waals surface area contributed by atoms with Gasteiger partial charge >= 0.3 is 5.97 Å². The molecule has 2 rings (SSSR count). The maximum atomic E-state index is 12.2. The Morgan fingerprint density at radius 3 is 2.36 bits per heavy atom. The molecule has 1 aliphatic rings. The fourth-order valence-electron chi connectivity index (χ4n) is 2.25. The van der Waals surface area contributed by atoms with Crippen LogP contribution in [0.25, 0.3) is 0 Å². The number of thioether (sulfide) groups is 2. The first kappa shape index (κ1) is 17.2. The lowest BCUT2D eigenvalue weighted by atomic mass is 9.99. The average Bonchev–Trinajstić information content (AvgIpc) is 3.06. The van der Waals surface area contributed by atoms with E-state index in [0.717, 1.165) is 11.5 Å². The van der Waals surface area contributed by atoms with Gasteiger partial charge in [0, 0.05) is 17.1 Å². The number of hydrogen-bond acceptors (Lipinski definition) is 4. The Morgan fingerprint density at radius 2 is 1.86 bits per heavy atom. The number of benzene rings is 1. The summed E-state index contributed by atoms with van der Waals surface area (Å²) in [6, 6.07) is 6.63. The smallest absolute Gasteiger partial charge is 0.326 e. The van der Waals surface area contributed by atoms with Crippen molar-refractivity contribution in [3.05, 3.63) is 35.4 Å². The summed E-state index contributed by atoms with van der Waals surface area (Å²) in [6.07, 6.45) is 0.701. The number of amides is 1. The van der Waals surface area contributed by atoms with Gasteiger partial charge in [-0.05, 0) is 23.6 Å². The van der Waals surface area contributed by atoms with E-state index < -0.39 is 12.0 Å². The zero-order chi connectivity index (χ0) is 16.1. The molecule has 4 nitrogen and oxygen atoms in total. The van der Waals surface area contributed by atoms with Crippen molar-refractivity contribution in [1.82, 2.24) is 5.32 Å². The van der Waals surface area contributed by atoms with Gasteiger partial charge in [0.05, 0.1) is 4.58 Å². The van der Waals surface area contributed by atoms with E-state index in [0.29, 0.717) is 16.6 Å². The highest BCUT2D eigenvalue weighted by Crippen LogP contribution is 2.45. The SMILES string of the molecule is CCC(C)C(NC(=O)c1ccc(C2SCCS2)cc1)C(=O)O. The number of carboxylic acids is 1. The molecule has 120 valence electrons. The maximum absolute atomic E-state index is 12.2. The van der Waals surface area contributed by atoms with Crippen LogP contribution in [-0.2, 0) is 4.79 Å². The number of hydrogen-bond donors (Lipinski definition) is 2. The lowest BCUT2D eigenvalue weighted by Gasteiger charge is -2.20. The molecule has 2 unspecified atom stereocenters. The Morgan fingerprint density at radius 1 is 1.27 bits per heavy atom. The fourth-order valence-corrected chi connectivity index (χ4v) is 5.11. The van der Waals surface area contributed by atoms with Gasteiger partial charge in [0.25, 0.3) is 5.91 Å². The molecule has 1 aromatic rings. The Labute approximate surface area is 139 Å². The molecule has 1 amide bonds. The van der Waals surface area contributed by atoms with Gasteiger partial charge in [-0.25, -0.2) is 4.79 Å². The van der Waals surface area contributed by atoms with E-state index in [4.69, 9.17) is 0 Å². The Balaban J connectivity index is 2.03. The first-order valence-electron chi connectivity index (χ1n) is 7.39. The fraction of sp³-hybridized carbons (Fsp3) is 0.500. The monoisotopic (exact) mass is 339 g/mol. The number of rotatable bonds is 6. The Kier molecular flexibility index (Phi) is 6.20. The minimum atomic E-state index is -0.988. The summed E-state index contributed by atoms with van der Waals surface area (Å²) >= 11 is 3.83. The van der Waals surface area contributed by atoms with E-state index in [2.05, 4.69) is 5.32 Å². The third kappa shape index (κ3) is 4.20. The molecule has 1 aromatic carbocycles. The Bertz CT molecular complexity index is 527. The minimum Gasteiger partial charge on any atom is -0.480 e. The summed E-state index contributed by atoms with van der Waals surface area (Å²) in [5.74, 6) is 0.899. The second kappa shape index (κ2) is 7.92. The highest BCUT2D eigenvalue weighted by atomic mass is 32.2. The second-order valence-corrected chi connectivity index (χ2v) is 8.09. The quantitative estimate of drug-likeness (QED) is 0.831. The molecule has 1 heterocycles. The number of carboxylic acid groups (broad SMARTS) is 1. The molecule has 0 radical (unpaired) electrons. The van der Waals surface area contributed by atoms with E-state index in [1.807, 2.05) is 49.5 Å². The van der Waals surface area contributed by atoms with Crippen molar-refractivity contribution in [2.24, 2.45) is 5.92 Å². The predicted molar refractivity (Wildman–Crippen MR) is 92.4 cm³/mol. The zero-order valence-electron chi connectivity index (χ0n) is 12.7. The van der Waals surface area contributed by atoms with Crippen LogP contribution in [0.3, 0.4) is 0 Å². The highest BCUT2D eigenvalue weighted by Gasteiger charge is 2.26. The number of carbonyl (C=O) groups is 2. The van der Waals surface area contributed by atoms with Crippen molar-refractivity contribution >= 4 is 35.4 Å². The summed E-state index contributed by atoms with van der Waals surface area (Å²) in [5, 5.41) is 11.9. The molecule has 0 bridgehead atoms. The second-order valence-electron chi connectivity index (χ2n) is 5.37. The molecule has 1 aliphatic heterocycles. The van der Waals surface area contributed by atoms with Gasteiger partial charge in [-0.1, -0.05) is 32.4 Å². The van der Waals surface area contributed by atoms with Gasteiger partial charge in [-0.2, -0.15) is 0 Å². The summed E-state index contributed by atoms with van der Waals surface area (Å²) < 4.78 is 0.448. The average molecular weight is 339 g/mol.